The molecule has 0 bridgehead atoms. The molecule has 0 N–H and O–H groups in total. The molecule has 1 aromatic rings. The molecular formula is C14H15FNO3S-. The van der Waals surface area contributed by atoms with E-state index in [4.69, 9.17) is 0 Å². The Balaban J connectivity index is 2.34. The van der Waals surface area contributed by atoms with E-state index in [0.717, 1.165) is 6.07 Å². The second kappa shape index (κ2) is 5.83. The third-order valence-corrected chi connectivity index (χ3v) is 4.80. The van der Waals surface area contributed by atoms with E-state index in [2.05, 4.69) is 0 Å². The van der Waals surface area contributed by atoms with Crippen LogP contribution in [0, 0.1) is 11.7 Å². The van der Waals surface area contributed by atoms with Crippen molar-refractivity contribution in [3.05, 3.63) is 35.6 Å². The van der Waals surface area contributed by atoms with Crippen LogP contribution in [0.4, 0.5) is 4.39 Å². The number of carboxylic acids is 1. The third kappa shape index (κ3) is 2.80. The van der Waals surface area contributed by atoms with Crippen molar-refractivity contribution in [3.63, 3.8) is 0 Å². The monoisotopic (exact) mass is 296 g/mol. The van der Waals surface area contributed by atoms with E-state index in [1.807, 2.05) is 13.8 Å². The van der Waals surface area contributed by atoms with Crippen LogP contribution in [0.25, 0.3) is 0 Å². The van der Waals surface area contributed by atoms with Gasteiger partial charge in [0.2, 0.25) is 0 Å². The molecule has 1 amide bonds. The molecule has 20 heavy (non-hydrogen) atoms. The summed E-state index contributed by atoms with van der Waals surface area (Å²) < 4.78 is 13.2. The zero-order chi connectivity index (χ0) is 14.9. The number of amides is 1. The molecule has 1 aliphatic heterocycles. The maximum atomic E-state index is 13.2. The standard InChI is InChI=1S/C14H16FNO3S/c1-8(2)13-16(11(7-20-13)14(18)19)12(17)9-4-3-5-10(15)6-9/h3-6,8,11,13H,7H2,1-2H3,(H,18,19)/p-1/t11-,13-/m1/s1. The Morgan fingerprint density at radius 2 is 2.15 bits per heavy atom. The average molecular weight is 296 g/mol. The lowest BCUT2D eigenvalue weighted by atomic mass is 10.1. The highest BCUT2D eigenvalue weighted by molar-refractivity contribution is 8.00. The summed E-state index contributed by atoms with van der Waals surface area (Å²) in [5.74, 6) is -1.87. The molecule has 0 radical (unpaired) electrons. The molecule has 1 aliphatic rings. The Hall–Kier alpha value is -1.56. The third-order valence-electron chi connectivity index (χ3n) is 3.18. The predicted octanol–water partition coefficient (Wildman–Crippen LogP) is 1.12. The van der Waals surface area contributed by atoms with E-state index in [1.165, 1.54) is 34.9 Å². The molecule has 1 fully saturated rings. The van der Waals surface area contributed by atoms with Crippen molar-refractivity contribution in [2.24, 2.45) is 5.92 Å². The first-order chi connectivity index (χ1) is 9.41. The number of aliphatic carboxylic acids is 1. The van der Waals surface area contributed by atoms with Crippen molar-refractivity contribution in [3.8, 4) is 0 Å². The zero-order valence-electron chi connectivity index (χ0n) is 11.2. The average Bonchev–Trinajstić information content (AvgIpc) is 2.82. The molecule has 6 heteroatoms. The molecule has 108 valence electrons. The van der Waals surface area contributed by atoms with Crippen LogP contribution in [0.1, 0.15) is 24.2 Å². The summed E-state index contributed by atoms with van der Waals surface area (Å²) >= 11 is 1.41. The minimum atomic E-state index is -1.27. The van der Waals surface area contributed by atoms with Crippen LogP contribution in [0.2, 0.25) is 0 Å². The predicted molar refractivity (Wildman–Crippen MR) is 72.4 cm³/mol. The van der Waals surface area contributed by atoms with Gasteiger partial charge in [-0.25, -0.2) is 4.39 Å². The molecule has 2 rings (SSSR count). The van der Waals surface area contributed by atoms with E-state index in [9.17, 15) is 19.1 Å². The molecule has 4 nitrogen and oxygen atoms in total. The van der Waals surface area contributed by atoms with Gasteiger partial charge in [-0.3, -0.25) is 4.79 Å². The Labute approximate surface area is 121 Å². The van der Waals surface area contributed by atoms with Crippen LogP contribution in [0.5, 0.6) is 0 Å². The van der Waals surface area contributed by atoms with Gasteiger partial charge in [-0.2, -0.15) is 0 Å². The van der Waals surface area contributed by atoms with Gasteiger partial charge in [0.1, 0.15) is 5.82 Å². The van der Waals surface area contributed by atoms with Crippen LogP contribution < -0.4 is 5.11 Å². The number of thioether (sulfide) groups is 1. The number of hydrogen-bond acceptors (Lipinski definition) is 4. The Morgan fingerprint density at radius 1 is 1.45 bits per heavy atom. The lowest BCUT2D eigenvalue weighted by molar-refractivity contribution is -0.310. The van der Waals surface area contributed by atoms with E-state index in [-0.39, 0.29) is 16.9 Å². The SMILES string of the molecule is CC(C)[C@H]1SC[C@H](C(=O)[O-])N1C(=O)c1cccc(F)c1. The topological polar surface area (TPSA) is 60.4 Å². The summed E-state index contributed by atoms with van der Waals surface area (Å²) in [6.07, 6.45) is 0. The highest BCUT2D eigenvalue weighted by Crippen LogP contribution is 2.35. The van der Waals surface area contributed by atoms with Gasteiger partial charge in [-0.05, 0) is 24.1 Å². The van der Waals surface area contributed by atoms with E-state index in [1.54, 1.807) is 0 Å². The van der Waals surface area contributed by atoms with Gasteiger partial charge in [0.05, 0.1) is 17.4 Å². The molecular weight excluding hydrogens is 281 g/mol. The van der Waals surface area contributed by atoms with Gasteiger partial charge >= 0.3 is 0 Å². The first kappa shape index (κ1) is 14.8. The van der Waals surface area contributed by atoms with E-state index < -0.39 is 23.7 Å². The summed E-state index contributed by atoms with van der Waals surface area (Å²) in [4.78, 5) is 25.0. The minimum Gasteiger partial charge on any atom is -0.548 e. The van der Waals surface area contributed by atoms with E-state index >= 15 is 0 Å². The van der Waals surface area contributed by atoms with Gasteiger partial charge in [0.15, 0.2) is 0 Å². The molecule has 0 spiro atoms. The molecule has 0 aliphatic carbocycles. The number of carboxylic acid groups (broad SMARTS) is 1. The first-order valence-corrected chi connectivity index (χ1v) is 7.37. The number of benzene rings is 1. The number of rotatable bonds is 3. The summed E-state index contributed by atoms with van der Waals surface area (Å²) in [5, 5.41) is 10.9. The Morgan fingerprint density at radius 3 is 2.70 bits per heavy atom. The molecule has 0 unspecified atom stereocenters. The summed E-state index contributed by atoms with van der Waals surface area (Å²) in [5.41, 5.74) is 0.157. The van der Waals surface area contributed by atoms with Crippen molar-refractivity contribution < 1.29 is 19.1 Å². The maximum Gasteiger partial charge on any atom is 0.255 e. The molecule has 0 aromatic heterocycles. The Kier molecular flexibility index (Phi) is 4.32. The lowest BCUT2D eigenvalue weighted by Crippen LogP contribution is -2.51. The second-order valence-corrected chi connectivity index (χ2v) is 6.18. The van der Waals surface area contributed by atoms with Crippen molar-refractivity contribution in [1.82, 2.24) is 4.90 Å². The molecule has 2 atom stereocenters. The fourth-order valence-corrected chi connectivity index (χ4v) is 3.71. The molecule has 1 heterocycles. The van der Waals surface area contributed by atoms with Gasteiger partial charge in [-0.1, -0.05) is 19.9 Å². The molecule has 1 saturated heterocycles. The van der Waals surface area contributed by atoms with Crippen LogP contribution in [0.15, 0.2) is 24.3 Å². The fourth-order valence-electron chi connectivity index (χ4n) is 2.25. The van der Waals surface area contributed by atoms with Crippen molar-refractivity contribution >= 4 is 23.6 Å². The zero-order valence-corrected chi connectivity index (χ0v) is 12.0. The largest absolute Gasteiger partial charge is 0.548 e. The van der Waals surface area contributed by atoms with Crippen LogP contribution in [-0.2, 0) is 4.79 Å². The van der Waals surface area contributed by atoms with Gasteiger partial charge in [-0.15, -0.1) is 11.8 Å². The summed E-state index contributed by atoms with van der Waals surface area (Å²) in [6, 6.07) is 4.31. The Bertz CT molecular complexity index is 535. The molecule has 0 saturated carbocycles. The maximum absolute atomic E-state index is 13.2. The number of hydrogen-bond donors (Lipinski definition) is 0. The minimum absolute atomic E-state index is 0.0989. The van der Waals surface area contributed by atoms with Crippen LogP contribution >= 0.6 is 11.8 Å². The normalized spacial score (nSPS) is 22.3. The lowest BCUT2D eigenvalue weighted by Gasteiger charge is -2.32. The highest BCUT2D eigenvalue weighted by Gasteiger charge is 2.40. The number of nitrogens with zero attached hydrogens (tertiary/aromatic N) is 1. The van der Waals surface area contributed by atoms with Crippen molar-refractivity contribution in [2.75, 3.05) is 5.75 Å². The molecule has 1 aromatic carbocycles. The second-order valence-electron chi connectivity index (χ2n) is 5.03. The quantitative estimate of drug-likeness (QED) is 0.838. The fraction of sp³-hybridized carbons (Fsp3) is 0.429. The number of carbonyl (C=O) groups is 2. The van der Waals surface area contributed by atoms with Gasteiger partial charge < -0.3 is 14.8 Å². The summed E-state index contributed by atoms with van der Waals surface area (Å²) in [6.45, 7) is 3.84. The number of halogens is 1. The van der Waals surface area contributed by atoms with Crippen molar-refractivity contribution in [2.45, 2.75) is 25.3 Å². The van der Waals surface area contributed by atoms with Gasteiger partial charge in [0.25, 0.3) is 5.91 Å². The highest BCUT2D eigenvalue weighted by atomic mass is 32.2. The van der Waals surface area contributed by atoms with Crippen molar-refractivity contribution in [1.29, 1.82) is 0 Å². The first-order valence-electron chi connectivity index (χ1n) is 6.32. The van der Waals surface area contributed by atoms with Crippen LogP contribution in [0.3, 0.4) is 0 Å². The van der Waals surface area contributed by atoms with Crippen LogP contribution in [-0.4, -0.2) is 33.9 Å². The van der Waals surface area contributed by atoms with E-state index in [0.29, 0.717) is 5.75 Å². The summed E-state index contributed by atoms with van der Waals surface area (Å²) in [7, 11) is 0. The smallest absolute Gasteiger partial charge is 0.255 e. The van der Waals surface area contributed by atoms with Gasteiger partial charge in [0, 0.05) is 11.3 Å². The number of carbonyl (C=O) groups excluding carboxylic acids is 2.